The van der Waals surface area contributed by atoms with Crippen LogP contribution < -0.4 is 10.1 Å². The molecule has 0 fully saturated rings. The summed E-state index contributed by atoms with van der Waals surface area (Å²) in [5.74, 6) is -2.60. The second-order valence-electron chi connectivity index (χ2n) is 10.3. The monoisotopic (exact) mass is 563 g/mol. The number of aromatic nitrogens is 2. The molecule has 0 saturated carbocycles. The molecule has 5 aromatic rings. The maximum absolute atomic E-state index is 13.1. The number of hydrogen-bond donors (Lipinski definition) is 2. The number of benzene rings is 3. The van der Waals surface area contributed by atoms with Crippen LogP contribution in [0.1, 0.15) is 47.2 Å². The van der Waals surface area contributed by atoms with Gasteiger partial charge in [-0.25, -0.2) is 9.48 Å². The number of carbonyl (C=O) groups is 2. The Morgan fingerprint density at radius 2 is 1.63 bits per heavy atom. The second-order valence-corrected chi connectivity index (χ2v) is 10.3. The van der Waals surface area contributed by atoms with Gasteiger partial charge in [-0.3, -0.25) is 4.79 Å². The lowest BCUT2D eigenvalue weighted by atomic mass is 9.87. The van der Waals surface area contributed by atoms with Gasteiger partial charge in [0.2, 0.25) is 5.76 Å². The van der Waals surface area contributed by atoms with E-state index >= 15 is 0 Å². The van der Waals surface area contributed by atoms with Gasteiger partial charge in [-0.05, 0) is 65.1 Å². The van der Waals surface area contributed by atoms with E-state index < -0.39 is 24.0 Å². The van der Waals surface area contributed by atoms with Crippen molar-refractivity contribution in [2.24, 2.45) is 0 Å². The molecule has 2 N–H and O–H groups in total. The van der Waals surface area contributed by atoms with Gasteiger partial charge in [0.1, 0.15) is 17.0 Å². The fraction of sp³-hybridized carbons (Fsp3) is 0.167. The zero-order valence-corrected chi connectivity index (χ0v) is 22.1. The lowest BCUT2D eigenvalue weighted by Crippen LogP contribution is -2.17. The molecule has 8 nitrogen and oxygen atoms in total. The zero-order valence-electron chi connectivity index (χ0n) is 22.1. The molecule has 3 aromatic carbocycles. The molecule has 0 atom stereocenters. The molecule has 0 unspecified atom stereocenters. The first-order valence-corrected chi connectivity index (χ1v) is 12.4. The summed E-state index contributed by atoms with van der Waals surface area (Å²) in [6.07, 6.45) is -1.58. The molecule has 0 saturated heterocycles. The smallest absolute Gasteiger partial charge is 0.475 e. The normalized spacial score (nSPS) is 12.0. The first-order valence-electron chi connectivity index (χ1n) is 12.4. The molecule has 0 radical (unpaired) electrons. The van der Waals surface area contributed by atoms with Gasteiger partial charge in [0.15, 0.2) is 0 Å². The minimum atomic E-state index is -4.79. The summed E-state index contributed by atoms with van der Waals surface area (Å²) in [5, 5.41) is 17.1. The van der Waals surface area contributed by atoms with Crippen LogP contribution in [0.5, 0.6) is 5.75 Å². The van der Waals surface area contributed by atoms with E-state index in [0.29, 0.717) is 27.8 Å². The third-order valence-electron chi connectivity index (χ3n) is 6.38. The first-order chi connectivity index (χ1) is 19.3. The Kier molecular flexibility index (Phi) is 6.82. The molecule has 0 spiro atoms. The number of carboxylic acids is 1. The first kappa shape index (κ1) is 27.5. The quantitative estimate of drug-likeness (QED) is 0.223. The number of halogens is 3. The molecular formula is C30H24F3N3O5. The summed E-state index contributed by atoms with van der Waals surface area (Å²) >= 11 is 0. The van der Waals surface area contributed by atoms with Crippen LogP contribution in [0.4, 0.5) is 18.9 Å². The van der Waals surface area contributed by atoms with Gasteiger partial charge < -0.3 is 19.6 Å². The van der Waals surface area contributed by atoms with Gasteiger partial charge in [-0.15, -0.1) is 13.2 Å². The highest BCUT2D eigenvalue weighted by Gasteiger charge is 2.31. The average molecular weight is 564 g/mol. The number of amides is 1. The van der Waals surface area contributed by atoms with E-state index in [1.807, 2.05) is 12.1 Å². The lowest BCUT2D eigenvalue weighted by molar-refractivity contribution is -0.274. The number of nitrogens with zero attached hydrogens (tertiary/aromatic N) is 2. The average Bonchev–Trinajstić information content (AvgIpc) is 3.53. The van der Waals surface area contributed by atoms with Crippen LogP contribution in [0.2, 0.25) is 0 Å². The summed E-state index contributed by atoms with van der Waals surface area (Å²) in [6.45, 7) is 6.18. The molecule has 5 rings (SSSR count). The third-order valence-corrected chi connectivity index (χ3v) is 6.38. The fourth-order valence-electron chi connectivity index (χ4n) is 4.27. The predicted octanol–water partition coefficient (Wildman–Crippen LogP) is 7.43. The van der Waals surface area contributed by atoms with Crippen molar-refractivity contribution in [1.29, 1.82) is 0 Å². The van der Waals surface area contributed by atoms with Crippen LogP contribution in [0.3, 0.4) is 0 Å². The number of carbonyl (C=O) groups excluding carboxylic acids is 1. The summed E-state index contributed by atoms with van der Waals surface area (Å²) in [4.78, 5) is 25.0. The number of aromatic carboxylic acids is 1. The van der Waals surface area contributed by atoms with Gasteiger partial charge in [-0.1, -0.05) is 39.0 Å². The topological polar surface area (TPSA) is 107 Å². The van der Waals surface area contributed by atoms with Crippen LogP contribution in [-0.2, 0) is 5.41 Å². The SMILES string of the molecule is CC(C)(C)c1ccc(C(=O)Nc2c(C(=O)O)oc3ccc(-c4cnn(-c5ccc(OC(F)(F)F)cc5)c4)cc23)cc1. The molecule has 0 aliphatic carbocycles. The van der Waals surface area contributed by atoms with Crippen molar-refractivity contribution < 1.29 is 37.0 Å². The number of ether oxygens (including phenoxy) is 1. The number of furan rings is 1. The van der Waals surface area contributed by atoms with Crippen LogP contribution in [0, 0.1) is 0 Å². The minimum absolute atomic E-state index is 0.0203. The third kappa shape index (κ3) is 5.93. The molecule has 0 bridgehead atoms. The Hall–Kier alpha value is -5.06. The van der Waals surface area contributed by atoms with Crippen molar-refractivity contribution in [3.63, 3.8) is 0 Å². The van der Waals surface area contributed by atoms with Gasteiger partial charge in [0, 0.05) is 22.7 Å². The highest BCUT2D eigenvalue weighted by molar-refractivity contribution is 6.13. The molecule has 210 valence electrons. The molecule has 0 aliphatic heterocycles. The Morgan fingerprint density at radius 3 is 2.24 bits per heavy atom. The van der Waals surface area contributed by atoms with Crippen molar-refractivity contribution >= 4 is 28.5 Å². The van der Waals surface area contributed by atoms with Gasteiger partial charge in [0.25, 0.3) is 5.91 Å². The highest BCUT2D eigenvalue weighted by atomic mass is 19.4. The number of hydrogen-bond acceptors (Lipinski definition) is 5. The molecule has 2 aromatic heterocycles. The van der Waals surface area contributed by atoms with Crippen molar-refractivity contribution in [3.05, 3.63) is 96.0 Å². The molecule has 0 aliphatic rings. The Bertz CT molecular complexity index is 1750. The number of rotatable bonds is 6. The van der Waals surface area contributed by atoms with E-state index in [0.717, 1.165) is 5.56 Å². The van der Waals surface area contributed by atoms with E-state index in [9.17, 15) is 27.9 Å². The maximum Gasteiger partial charge on any atom is 0.573 e. The standard InChI is InChI=1S/C30H24F3N3O5/c1-29(2,3)20-7-4-17(5-8-20)27(37)35-25-23-14-18(6-13-24(23)40-26(25)28(38)39)19-15-34-36(16-19)21-9-11-22(12-10-21)41-30(31,32)33/h4-16H,1-3H3,(H,35,37)(H,38,39). The summed E-state index contributed by atoms with van der Waals surface area (Å²) in [6, 6.07) is 17.3. The Labute approximate surface area is 232 Å². The van der Waals surface area contributed by atoms with E-state index in [4.69, 9.17) is 4.42 Å². The molecule has 2 heterocycles. The summed E-state index contributed by atoms with van der Waals surface area (Å²) in [5.41, 5.74) is 3.36. The Balaban J connectivity index is 1.44. The predicted molar refractivity (Wildman–Crippen MR) is 146 cm³/mol. The second kappa shape index (κ2) is 10.2. The Morgan fingerprint density at radius 1 is 0.951 bits per heavy atom. The van der Waals surface area contributed by atoms with Crippen LogP contribution in [-0.4, -0.2) is 33.1 Å². The molecular weight excluding hydrogens is 539 g/mol. The van der Waals surface area contributed by atoms with Crippen LogP contribution >= 0.6 is 0 Å². The van der Waals surface area contributed by atoms with Crippen molar-refractivity contribution in [2.75, 3.05) is 5.32 Å². The summed E-state index contributed by atoms with van der Waals surface area (Å²) in [7, 11) is 0. The van der Waals surface area contributed by atoms with Crippen molar-refractivity contribution in [1.82, 2.24) is 9.78 Å². The number of alkyl halides is 3. The largest absolute Gasteiger partial charge is 0.573 e. The molecule has 11 heteroatoms. The van der Waals surface area contributed by atoms with E-state index in [2.05, 4.69) is 35.9 Å². The maximum atomic E-state index is 13.1. The lowest BCUT2D eigenvalue weighted by Gasteiger charge is -2.19. The van der Waals surface area contributed by atoms with Gasteiger partial charge in [0.05, 0.1) is 11.9 Å². The van der Waals surface area contributed by atoms with Crippen LogP contribution in [0.25, 0.3) is 27.8 Å². The number of anilines is 1. The van der Waals surface area contributed by atoms with Crippen LogP contribution in [0.15, 0.2) is 83.5 Å². The number of fused-ring (bicyclic) bond motifs is 1. The van der Waals surface area contributed by atoms with Crippen molar-refractivity contribution in [3.8, 4) is 22.6 Å². The molecule has 1 amide bonds. The molecule has 41 heavy (non-hydrogen) atoms. The van der Waals surface area contributed by atoms with Crippen molar-refractivity contribution in [2.45, 2.75) is 32.5 Å². The number of nitrogens with one attached hydrogen (secondary N) is 1. The fourth-order valence-corrected chi connectivity index (χ4v) is 4.27. The van der Waals surface area contributed by atoms with Gasteiger partial charge >= 0.3 is 12.3 Å². The van der Waals surface area contributed by atoms with E-state index in [1.165, 1.54) is 28.9 Å². The minimum Gasteiger partial charge on any atom is -0.475 e. The van der Waals surface area contributed by atoms with Gasteiger partial charge in [-0.2, -0.15) is 5.10 Å². The highest BCUT2D eigenvalue weighted by Crippen LogP contribution is 2.35. The summed E-state index contributed by atoms with van der Waals surface area (Å²) < 4.78 is 48.3. The van der Waals surface area contributed by atoms with E-state index in [1.54, 1.807) is 42.7 Å². The zero-order chi connectivity index (χ0) is 29.5. The number of carboxylic acid groups (broad SMARTS) is 1. The van der Waals surface area contributed by atoms with E-state index in [-0.39, 0.29) is 22.4 Å².